The van der Waals surface area contributed by atoms with Gasteiger partial charge in [-0.15, -0.1) is 0 Å². The predicted molar refractivity (Wildman–Crippen MR) is 84.9 cm³/mol. The van der Waals surface area contributed by atoms with Crippen LogP contribution in [0.5, 0.6) is 0 Å². The summed E-state index contributed by atoms with van der Waals surface area (Å²) in [5.41, 5.74) is 1.44. The molecule has 0 aromatic rings. The third-order valence-corrected chi connectivity index (χ3v) is 3.37. The van der Waals surface area contributed by atoms with Crippen molar-refractivity contribution in [1.29, 1.82) is 0 Å². The van der Waals surface area contributed by atoms with Gasteiger partial charge in [0, 0.05) is 0 Å². The Morgan fingerprint density at radius 3 is 2.39 bits per heavy atom. The molecule has 0 aliphatic carbocycles. The minimum atomic E-state index is 0.856. The zero-order chi connectivity index (χ0) is 13.6. The monoisotopic (exact) mass is 248 g/mol. The van der Waals surface area contributed by atoms with Crippen LogP contribution in [0.1, 0.15) is 72.1 Å². The second kappa shape index (κ2) is 12.7. The summed E-state index contributed by atoms with van der Waals surface area (Å²) in [6.07, 6.45) is 19.0. The van der Waals surface area contributed by atoms with Gasteiger partial charge in [-0.2, -0.15) is 0 Å². The Labute approximate surface area is 115 Å². The summed E-state index contributed by atoms with van der Waals surface area (Å²) in [6.45, 7) is 10.7. The lowest BCUT2D eigenvalue weighted by Crippen LogP contribution is -2.01. The molecule has 0 heterocycles. The largest absolute Gasteiger partial charge is 0.0988 e. The van der Waals surface area contributed by atoms with Gasteiger partial charge < -0.3 is 0 Å². The first kappa shape index (κ1) is 17.2. The molecule has 18 heavy (non-hydrogen) atoms. The maximum atomic E-state index is 3.96. The van der Waals surface area contributed by atoms with Gasteiger partial charge in [0.1, 0.15) is 0 Å². The number of hydrogen-bond donors (Lipinski definition) is 0. The van der Waals surface area contributed by atoms with Crippen LogP contribution in [0.3, 0.4) is 0 Å². The fourth-order valence-electron chi connectivity index (χ4n) is 2.32. The van der Waals surface area contributed by atoms with Gasteiger partial charge in [0.05, 0.1) is 0 Å². The van der Waals surface area contributed by atoms with E-state index < -0.39 is 0 Å². The van der Waals surface area contributed by atoms with Crippen LogP contribution in [0, 0.1) is 5.92 Å². The molecule has 1 atom stereocenters. The molecule has 0 rings (SSSR count). The molecule has 0 aliphatic rings. The third kappa shape index (κ3) is 9.27. The average Bonchev–Trinajstić information content (AvgIpc) is 2.39. The van der Waals surface area contributed by atoms with Crippen molar-refractivity contribution in [1.82, 2.24) is 0 Å². The van der Waals surface area contributed by atoms with Crippen LogP contribution in [0.15, 0.2) is 36.5 Å². The Bertz CT molecular complexity index is 245. The van der Waals surface area contributed by atoms with Crippen molar-refractivity contribution in [2.75, 3.05) is 0 Å². The normalized spacial score (nSPS) is 14.1. The first-order chi connectivity index (χ1) is 8.78. The van der Waals surface area contributed by atoms with Gasteiger partial charge in [-0.1, -0.05) is 89.3 Å². The summed E-state index contributed by atoms with van der Waals surface area (Å²) in [6, 6.07) is 0. The lowest BCUT2D eigenvalue weighted by atomic mass is 9.90. The molecule has 0 aliphatic heterocycles. The van der Waals surface area contributed by atoms with Crippen molar-refractivity contribution in [2.45, 2.75) is 72.1 Å². The number of allylic oxidation sites excluding steroid dienone is 5. The van der Waals surface area contributed by atoms with Gasteiger partial charge in [-0.25, -0.2) is 0 Å². The van der Waals surface area contributed by atoms with Crippen LogP contribution in [0.4, 0.5) is 0 Å². The van der Waals surface area contributed by atoms with Crippen molar-refractivity contribution in [3.8, 4) is 0 Å². The highest BCUT2D eigenvalue weighted by molar-refractivity contribution is 5.17. The van der Waals surface area contributed by atoms with E-state index in [9.17, 15) is 0 Å². The standard InChI is InChI=1S/C18H32/c1-5-9-11-12-15-17(8-4)16-18(13-7-3)14-10-6-2/h8-9,11,15,18H,4-7,10,12-14,16H2,1-3H3. The molecule has 0 heteroatoms. The Morgan fingerprint density at radius 1 is 1.06 bits per heavy atom. The maximum absolute atomic E-state index is 3.96. The van der Waals surface area contributed by atoms with Gasteiger partial charge >= 0.3 is 0 Å². The molecule has 0 amide bonds. The highest BCUT2D eigenvalue weighted by Crippen LogP contribution is 2.23. The fourth-order valence-corrected chi connectivity index (χ4v) is 2.32. The number of rotatable bonds is 11. The molecule has 0 nitrogen and oxygen atoms in total. The minimum absolute atomic E-state index is 0.856. The van der Waals surface area contributed by atoms with Gasteiger partial charge in [0.15, 0.2) is 0 Å². The molecule has 0 saturated heterocycles. The van der Waals surface area contributed by atoms with E-state index in [0.717, 1.165) is 18.8 Å². The zero-order valence-electron chi connectivity index (χ0n) is 12.8. The average molecular weight is 248 g/mol. The molecule has 104 valence electrons. The van der Waals surface area contributed by atoms with E-state index in [4.69, 9.17) is 0 Å². The van der Waals surface area contributed by atoms with Crippen LogP contribution >= 0.6 is 0 Å². The van der Waals surface area contributed by atoms with E-state index >= 15 is 0 Å². The van der Waals surface area contributed by atoms with Crippen LogP contribution < -0.4 is 0 Å². The molecule has 0 aromatic heterocycles. The lowest BCUT2D eigenvalue weighted by Gasteiger charge is -2.16. The quantitative estimate of drug-likeness (QED) is 0.291. The van der Waals surface area contributed by atoms with E-state index in [1.807, 2.05) is 6.08 Å². The summed E-state index contributed by atoms with van der Waals surface area (Å²) < 4.78 is 0. The van der Waals surface area contributed by atoms with E-state index in [1.54, 1.807) is 0 Å². The van der Waals surface area contributed by atoms with E-state index in [0.29, 0.717) is 0 Å². The second-order valence-corrected chi connectivity index (χ2v) is 5.10. The molecular weight excluding hydrogens is 216 g/mol. The van der Waals surface area contributed by atoms with Crippen molar-refractivity contribution in [3.05, 3.63) is 36.5 Å². The minimum Gasteiger partial charge on any atom is -0.0988 e. The molecule has 0 saturated carbocycles. The Balaban J connectivity index is 4.25. The number of hydrogen-bond acceptors (Lipinski definition) is 0. The van der Waals surface area contributed by atoms with Gasteiger partial charge in [0.25, 0.3) is 0 Å². The second-order valence-electron chi connectivity index (χ2n) is 5.10. The Hall–Kier alpha value is -0.780. The molecule has 0 N–H and O–H groups in total. The highest BCUT2D eigenvalue weighted by atomic mass is 14.1. The molecule has 0 bridgehead atoms. The molecule has 0 spiro atoms. The summed E-state index contributed by atoms with van der Waals surface area (Å²) >= 11 is 0. The first-order valence-corrected chi connectivity index (χ1v) is 7.74. The summed E-state index contributed by atoms with van der Waals surface area (Å²) in [5.74, 6) is 0.856. The Morgan fingerprint density at radius 2 is 1.83 bits per heavy atom. The third-order valence-electron chi connectivity index (χ3n) is 3.37. The smallest absolute Gasteiger partial charge is 0.0163 e. The Kier molecular flexibility index (Phi) is 12.1. The molecular formula is C18H32. The predicted octanol–water partition coefficient (Wildman–Crippen LogP) is 6.45. The van der Waals surface area contributed by atoms with Gasteiger partial charge in [0.2, 0.25) is 0 Å². The van der Waals surface area contributed by atoms with Crippen molar-refractivity contribution in [2.24, 2.45) is 5.92 Å². The van der Waals surface area contributed by atoms with Crippen molar-refractivity contribution >= 4 is 0 Å². The summed E-state index contributed by atoms with van der Waals surface area (Å²) in [7, 11) is 0. The van der Waals surface area contributed by atoms with Crippen LogP contribution in [0.25, 0.3) is 0 Å². The van der Waals surface area contributed by atoms with E-state index in [2.05, 4.69) is 45.6 Å². The fraction of sp³-hybridized carbons (Fsp3) is 0.667. The van der Waals surface area contributed by atoms with Gasteiger partial charge in [-0.05, 0) is 25.2 Å². The van der Waals surface area contributed by atoms with E-state index in [-0.39, 0.29) is 0 Å². The molecule has 0 fully saturated rings. The van der Waals surface area contributed by atoms with Crippen LogP contribution in [0.2, 0.25) is 0 Å². The highest BCUT2D eigenvalue weighted by Gasteiger charge is 2.08. The van der Waals surface area contributed by atoms with Crippen molar-refractivity contribution in [3.63, 3.8) is 0 Å². The topological polar surface area (TPSA) is 0 Å². The van der Waals surface area contributed by atoms with Crippen molar-refractivity contribution < 1.29 is 0 Å². The van der Waals surface area contributed by atoms with E-state index in [1.165, 1.54) is 44.1 Å². The van der Waals surface area contributed by atoms with Crippen LogP contribution in [-0.4, -0.2) is 0 Å². The SMILES string of the molecule is C=CC(=CCC=CCC)CC(CCC)CCCC. The number of unbranched alkanes of at least 4 members (excludes halogenated alkanes) is 1. The summed E-state index contributed by atoms with van der Waals surface area (Å²) in [4.78, 5) is 0. The first-order valence-electron chi connectivity index (χ1n) is 7.74. The molecule has 0 aromatic carbocycles. The van der Waals surface area contributed by atoms with Gasteiger partial charge in [-0.3, -0.25) is 0 Å². The zero-order valence-corrected chi connectivity index (χ0v) is 12.8. The lowest BCUT2D eigenvalue weighted by molar-refractivity contribution is 0.428. The van der Waals surface area contributed by atoms with Crippen LogP contribution in [-0.2, 0) is 0 Å². The maximum Gasteiger partial charge on any atom is -0.0163 e. The molecule has 0 radical (unpaired) electrons. The molecule has 1 unspecified atom stereocenters. The summed E-state index contributed by atoms with van der Waals surface area (Å²) in [5, 5.41) is 0.